The highest BCUT2D eigenvalue weighted by Crippen LogP contribution is 2.28. The van der Waals surface area contributed by atoms with E-state index in [1.807, 2.05) is 0 Å². The third-order valence-corrected chi connectivity index (χ3v) is 6.28. The molecule has 0 spiro atoms. The second-order valence-corrected chi connectivity index (χ2v) is 7.95. The second kappa shape index (κ2) is 7.26. The molecule has 1 N–H and O–H groups in total. The topological polar surface area (TPSA) is 93.8 Å². The molecule has 0 radical (unpaired) electrons. The van der Waals surface area contributed by atoms with E-state index in [1.54, 1.807) is 42.5 Å². The number of hydrogen-bond acceptors (Lipinski definition) is 5. The minimum atomic E-state index is -3.89. The number of sulfonamides is 1. The van der Waals surface area contributed by atoms with Crippen molar-refractivity contribution in [2.75, 3.05) is 26.3 Å². The van der Waals surface area contributed by atoms with Crippen molar-refractivity contribution < 1.29 is 22.4 Å². The zero-order valence-corrected chi connectivity index (χ0v) is 15.9. The maximum atomic E-state index is 13.0. The van der Waals surface area contributed by atoms with Gasteiger partial charge in [-0.2, -0.15) is 0 Å². The summed E-state index contributed by atoms with van der Waals surface area (Å²) in [6.45, 7) is 5.28. The molecule has 3 heterocycles. The van der Waals surface area contributed by atoms with Gasteiger partial charge in [-0.25, -0.2) is 13.1 Å². The van der Waals surface area contributed by atoms with E-state index in [-0.39, 0.29) is 22.9 Å². The largest absolute Gasteiger partial charge is 0.468 e. The van der Waals surface area contributed by atoms with E-state index in [2.05, 4.69) is 4.72 Å². The van der Waals surface area contributed by atoms with Crippen molar-refractivity contribution in [3.8, 4) is 0 Å². The first-order chi connectivity index (χ1) is 12.3. The Kier molecular flexibility index (Phi) is 5.22. The van der Waals surface area contributed by atoms with Crippen molar-refractivity contribution in [1.82, 2.24) is 14.2 Å². The Labute approximate surface area is 152 Å². The minimum Gasteiger partial charge on any atom is -0.468 e. The molecule has 142 valence electrons. The summed E-state index contributed by atoms with van der Waals surface area (Å²) < 4.78 is 40.6. The first-order valence-electron chi connectivity index (χ1n) is 8.38. The summed E-state index contributed by atoms with van der Waals surface area (Å²) >= 11 is 0. The van der Waals surface area contributed by atoms with Crippen LogP contribution in [0.25, 0.3) is 0 Å². The lowest BCUT2D eigenvalue weighted by Crippen LogP contribution is -2.41. The van der Waals surface area contributed by atoms with Gasteiger partial charge < -0.3 is 18.6 Å². The smallest absolute Gasteiger partial charge is 0.257 e. The number of carbonyl (C=O) groups excluding carboxylic acids is 1. The molecule has 0 unspecified atom stereocenters. The van der Waals surface area contributed by atoms with Gasteiger partial charge in [0.1, 0.15) is 10.7 Å². The number of ether oxygens (including phenoxy) is 1. The van der Waals surface area contributed by atoms with Crippen LogP contribution in [0.2, 0.25) is 0 Å². The zero-order valence-electron chi connectivity index (χ0n) is 15.1. The molecule has 9 heteroatoms. The first-order valence-corrected chi connectivity index (χ1v) is 9.86. The van der Waals surface area contributed by atoms with Crippen LogP contribution in [0.1, 0.15) is 27.5 Å². The predicted molar refractivity (Wildman–Crippen MR) is 94.3 cm³/mol. The van der Waals surface area contributed by atoms with Gasteiger partial charge in [0.15, 0.2) is 0 Å². The Bertz CT molecular complexity index is 893. The summed E-state index contributed by atoms with van der Waals surface area (Å²) in [4.78, 5) is 14.7. The Balaban J connectivity index is 1.97. The van der Waals surface area contributed by atoms with E-state index >= 15 is 0 Å². The lowest BCUT2D eigenvalue weighted by atomic mass is 10.2. The first kappa shape index (κ1) is 18.7. The molecule has 1 aliphatic rings. The number of carbonyl (C=O) groups is 1. The van der Waals surface area contributed by atoms with Crippen LogP contribution in [0.4, 0.5) is 0 Å². The van der Waals surface area contributed by atoms with Crippen molar-refractivity contribution in [3.63, 3.8) is 0 Å². The number of nitrogens with zero attached hydrogens (tertiary/aromatic N) is 2. The molecule has 26 heavy (non-hydrogen) atoms. The molecule has 0 saturated carbocycles. The molecule has 0 aromatic carbocycles. The fraction of sp³-hybridized carbons (Fsp3) is 0.471. The predicted octanol–water partition coefficient (Wildman–Crippen LogP) is 1.19. The number of furan rings is 1. The molecular formula is C17H23N3O5S. The monoisotopic (exact) mass is 381 g/mol. The Hall–Kier alpha value is -2.10. The fourth-order valence-electron chi connectivity index (χ4n) is 3.07. The number of nitrogens with one attached hydrogen (secondary N) is 1. The summed E-state index contributed by atoms with van der Waals surface area (Å²) in [5, 5.41) is 0. The van der Waals surface area contributed by atoms with Crippen LogP contribution in [-0.2, 0) is 28.4 Å². The lowest BCUT2D eigenvalue weighted by Gasteiger charge is -2.27. The van der Waals surface area contributed by atoms with Crippen LogP contribution >= 0.6 is 0 Å². The molecule has 1 saturated heterocycles. The molecule has 1 aliphatic heterocycles. The third kappa shape index (κ3) is 3.42. The van der Waals surface area contributed by atoms with E-state index in [0.29, 0.717) is 43.5 Å². The SMILES string of the molecule is Cc1c(C(=O)N2CCOCC2)c(S(=O)(=O)NCc2ccco2)c(C)n1C. The van der Waals surface area contributed by atoms with Gasteiger partial charge in [0, 0.05) is 31.5 Å². The van der Waals surface area contributed by atoms with Crippen molar-refractivity contribution in [2.24, 2.45) is 7.05 Å². The fourth-order valence-corrected chi connectivity index (χ4v) is 4.58. The molecule has 0 bridgehead atoms. The zero-order chi connectivity index (χ0) is 18.9. The van der Waals surface area contributed by atoms with Crippen LogP contribution < -0.4 is 4.72 Å². The van der Waals surface area contributed by atoms with Crippen molar-refractivity contribution in [2.45, 2.75) is 25.3 Å². The van der Waals surface area contributed by atoms with Crippen LogP contribution in [-0.4, -0.2) is 50.1 Å². The summed E-state index contributed by atoms with van der Waals surface area (Å²) in [7, 11) is -2.14. The van der Waals surface area contributed by atoms with E-state index in [0.717, 1.165) is 0 Å². The second-order valence-electron chi connectivity index (χ2n) is 6.24. The molecule has 0 aliphatic carbocycles. The number of amides is 1. The average molecular weight is 381 g/mol. The van der Waals surface area contributed by atoms with Gasteiger partial charge in [0.2, 0.25) is 10.0 Å². The van der Waals surface area contributed by atoms with E-state index in [4.69, 9.17) is 9.15 Å². The van der Waals surface area contributed by atoms with Gasteiger partial charge in [0.25, 0.3) is 5.91 Å². The molecule has 2 aromatic heterocycles. The molecule has 0 atom stereocenters. The maximum Gasteiger partial charge on any atom is 0.257 e. The standard InChI is InChI=1S/C17H23N3O5S/c1-12-15(17(21)20-6-9-24-10-7-20)16(13(2)19(12)3)26(22,23)18-11-14-5-4-8-25-14/h4-5,8,18H,6-7,9-11H2,1-3H3. The number of aromatic nitrogens is 1. The summed E-state index contributed by atoms with van der Waals surface area (Å²) in [5.41, 5.74) is 1.36. The minimum absolute atomic E-state index is 0.0217. The molecule has 2 aromatic rings. The van der Waals surface area contributed by atoms with E-state index in [9.17, 15) is 13.2 Å². The van der Waals surface area contributed by atoms with Crippen molar-refractivity contribution in [1.29, 1.82) is 0 Å². The van der Waals surface area contributed by atoms with Gasteiger partial charge in [-0.1, -0.05) is 0 Å². The van der Waals surface area contributed by atoms with E-state index < -0.39 is 10.0 Å². The van der Waals surface area contributed by atoms with E-state index in [1.165, 1.54) is 6.26 Å². The van der Waals surface area contributed by atoms with Crippen LogP contribution in [0, 0.1) is 13.8 Å². The molecule has 3 rings (SSSR count). The van der Waals surface area contributed by atoms with Gasteiger partial charge in [-0.3, -0.25) is 4.79 Å². The van der Waals surface area contributed by atoms with Gasteiger partial charge in [0.05, 0.1) is 31.6 Å². The molecule has 1 fully saturated rings. The average Bonchev–Trinajstić information content (AvgIpc) is 3.23. The van der Waals surface area contributed by atoms with Crippen molar-refractivity contribution in [3.05, 3.63) is 41.1 Å². The Morgan fingerprint density at radius 1 is 1.23 bits per heavy atom. The maximum absolute atomic E-state index is 13.0. The van der Waals surface area contributed by atoms with Gasteiger partial charge >= 0.3 is 0 Å². The number of rotatable bonds is 5. The van der Waals surface area contributed by atoms with Crippen LogP contribution in [0.15, 0.2) is 27.7 Å². The quantitative estimate of drug-likeness (QED) is 0.840. The van der Waals surface area contributed by atoms with Crippen molar-refractivity contribution >= 4 is 15.9 Å². The summed E-state index contributed by atoms with van der Waals surface area (Å²) in [5.74, 6) is 0.216. The Morgan fingerprint density at radius 2 is 1.92 bits per heavy atom. The normalized spacial score (nSPS) is 15.4. The highest BCUT2D eigenvalue weighted by molar-refractivity contribution is 7.89. The summed E-state index contributed by atoms with van der Waals surface area (Å²) in [6, 6.07) is 3.38. The molecule has 1 amide bonds. The van der Waals surface area contributed by atoms with Crippen LogP contribution in [0.3, 0.4) is 0 Å². The van der Waals surface area contributed by atoms with Gasteiger partial charge in [-0.05, 0) is 26.0 Å². The molecule has 8 nitrogen and oxygen atoms in total. The number of morpholine rings is 1. The summed E-state index contributed by atoms with van der Waals surface area (Å²) in [6.07, 6.45) is 1.48. The highest BCUT2D eigenvalue weighted by atomic mass is 32.2. The highest BCUT2D eigenvalue weighted by Gasteiger charge is 2.33. The Morgan fingerprint density at radius 3 is 2.54 bits per heavy atom. The number of hydrogen-bond donors (Lipinski definition) is 1. The van der Waals surface area contributed by atoms with Crippen LogP contribution in [0.5, 0.6) is 0 Å². The third-order valence-electron chi connectivity index (χ3n) is 4.72. The lowest BCUT2D eigenvalue weighted by molar-refractivity contribution is 0.0300. The molecular weight excluding hydrogens is 358 g/mol. The van der Waals surface area contributed by atoms with Gasteiger partial charge in [-0.15, -0.1) is 0 Å².